The molecule has 0 aliphatic carbocycles. The zero-order chi connectivity index (χ0) is 13.8. The number of nitrogens with zero attached hydrogens (tertiary/aromatic N) is 2. The van der Waals surface area contributed by atoms with Gasteiger partial charge >= 0.3 is 0 Å². The molecule has 1 aromatic heterocycles. The molecule has 5 heteroatoms. The van der Waals surface area contributed by atoms with Gasteiger partial charge in [0.25, 0.3) is 0 Å². The summed E-state index contributed by atoms with van der Waals surface area (Å²) in [4.78, 5) is 4.37. The minimum Gasteiger partial charge on any atom is -0.486 e. The molecule has 0 bridgehead atoms. The molecular weight excluding hydrogens is 262 g/mol. The second kappa shape index (κ2) is 6.08. The van der Waals surface area contributed by atoms with Gasteiger partial charge in [0.15, 0.2) is 0 Å². The van der Waals surface area contributed by atoms with Gasteiger partial charge in [-0.05, 0) is 38.1 Å². The molecule has 102 valence electrons. The van der Waals surface area contributed by atoms with Gasteiger partial charge in [0, 0.05) is 17.6 Å². The molecule has 0 amide bonds. The van der Waals surface area contributed by atoms with Gasteiger partial charge in [-0.3, -0.25) is 0 Å². The Balaban J connectivity index is 2.09. The Morgan fingerprint density at radius 3 is 2.63 bits per heavy atom. The molecule has 0 aliphatic heterocycles. The number of rotatable bonds is 5. The Morgan fingerprint density at radius 2 is 2.05 bits per heavy atom. The van der Waals surface area contributed by atoms with Crippen molar-refractivity contribution in [2.24, 2.45) is 5.73 Å². The van der Waals surface area contributed by atoms with Crippen molar-refractivity contribution >= 4 is 11.6 Å². The first kappa shape index (κ1) is 13.9. The summed E-state index contributed by atoms with van der Waals surface area (Å²) in [6, 6.07) is 7.26. The van der Waals surface area contributed by atoms with Crippen molar-refractivity contribution in [2.45, 2.75) is 33.0 Å². The van der Waals surface area contributed by atoms with Crippen LogP contribution in [0.2, 0.25) is 5.02 Å². The van der Waals surface area contributed by atoms with Crippen molar-refractivity contribution in [3.63, 3.8) is 0 Å². The van der Waals surface area contributed by atoms with Crippen LogP contribution in [0, 0.1) is 0 Å². The molecule has 0 radical (unpaired) electrons. The highest BCUT2D eigenvalue weighted by atomic mass is 35.5. The molecule has 1 atom stereocenters. The summed E-state index contributed by atoms with van der Waals surface area (Å²) >= 11 is 5.83. The zero-order valence-electron chi connectivity index (χ0n) is 11.1. The number of hydrogen-bond donors (Lipinski definition) is 1. The van der Waals surface area contributed by atoms with Crippen molar-refractivity contribution in [2.75, 3.05) is 0 Å². The Labute approximate surface area is 118 Å². The van der Waals surface area contributed by atoms with Crippen LogP contribution in [0.1, 0.15) is 31.4 Å². The van der Waals surface area contributed by atoms with E-state index in [1.165, 1.54) is 0 Å². The number of ether oxygens (including phenoxy) is 1. The SMILES string of the molecule is CCn1c(C(C)N)cnc1COc1ccc(Cl)cc1. The van der Waals surface area contributed by atoms with Gasteiger partial charge < -0.3 is 15.0 Å². The molecule has 0 aliphatic rings. The first-order valence-electron chi connectivity index (χ1n) is 6.30. The predicted molar refractivity (Wildman–Crippen MR) is 76.3 cm³/mol. The maximum Gasteiger partial charge on any atom is 0.147 e. The molecule has 2 N–H and O–H groups in total. The Kier molecular flexibility index (Phi) is 4.45. The van der Waals surface area contributed by atoms with Gasteiger partial charge in [0.2, 0.25) is 0 Å². The summed E-state index contributed by atoms with van der Waals surface area (Å²) in [5.41, 5.74) is 6.94. The van der Waals surface area contributed by atoms with E-state index >= 15 is 0 Å². The van der Waals surface area contributed by atoms with E-state index in [0.717, 1.165) is 23.8 Å². The smallest absolute Gasteiger partial charge is 0.147 e. The highest BCUT2D eigenvalue weighted by molar-refractivity contribution is 6.30. The van der Waals surface area contributed by atoms with Gasteiger partial charge in [-0.1, -0.05) is 11.6 Å². The molecule has 1 unspecified atom stereocenters. The Morgan fingerprint density at radius 1 is 1.37 bits per heavy atom. The average Bonchev–Trinajstić information content (AvgIpc) is 2.81. The van der Waals surface area contributed by atoms with Gasteiger partial charge in [-0.2, -0.15) is 0 Å². The summed E-state index contributed by atoms with van der Waals surface area (Å²) in [5, 5.41) is 0.696. The number of halogens is 1. The molecule has 0 saturated heterocycles. The normalized spacial score (nSPS) is 12.4. The van der Waals surface area contributed by atoms with Crippen molar-refractivity contribution in [1.82, 2.24) is 9.55 Å². The highest BCUT2D eigenvalue weighted by Crippen LogP contribution is 2.18. The van der Waals surface area contributed by atoms with E-state index in [0.29, 0.717) is 11.6 Å². The zero-order valence-corrected chi connectivity index (χ0v) is 11.9. The van der Waals surface area contributed by atoms with Gasteiger partial charge in [-0.15, -0.1) is 0 Å². The van der Waals surface area contributed by atoms with Crippen LogP contribution in [0.15, 0.2) is 30.5 Å². The lowest BCUT2D eigenvalue weighted by atomic mass is 10.3. The molecule has 1 aromatic carbocycles. The van der Waals surface area contributed by atoms with E-state index in [1.54, 1.807) is 12.1 Å². The average molecular weight is 280 g/mol. The van der Waals surface area contributed by atoms with E-state index in [2.05, 4.69) is 16.5 Å². The second-order valence-corrected chi connectivity index (χ2v) is 4.81. The lowest BCUT2D eigenvalue weighted by Crippen LogP contribution is -2.14. The van der Waals surface area contributed by atoms with Crippen LogP contribution < -0.4 is 10.5 Å². The largest absolute Gasteiger partial charge is 0.486 e. The predicted octanol–water partition coefficient (Wildman–Crippen LogP) is 3.16. The van der Waals surface area contributed by atoms with Crippen molar-refractivity contribution in [3.05, 3.63) is 47.0 Å². The summed E-state index contributed by atoms with van der Waals surface area (Å²) in [5.74, 6) is 1.65. The molecule has 0 fully saturated rings. The standard InChI is InChI=1S/C14H18ClN3O/c1-3-18-13(10(2)16)8-17-14(18)9-19-12-6-4-11(15)5-7-12/h4-8,10H,3,9,16H2,1-2H3. The maximum absolute atomic E-state index is 5.91. The van der Waals surface area contributed by atoms with Crippen molar-refractivity contribution in [3.8, 4) is 5.75 Å². The van der Waals surface area contributed by atoms with E-state index < -0.39 is 0 Å². The lowest BCUT2D eigenvalue weighted by molar-refractivity contribution is 0.289. The van der Waals surface area contributed by atoms with E-state index in [-0.39, 0.29) is 6.04 Å². The topological polar surface area (TPSA) is 53.1 Å². The molecule has 1 heterocycles. The summed E-state index contributed by atoms with van der Waals surface area (Å²) in [7, 11) is 0. The van der Waals surface area contributed by atoms with Gasteiger partial charge in [-0.25, -0.2) is 4.98 Å². The van der Waals surface area contributed by atoms with Crippen LogP contribution in [0.5, 0.6) is 5.75 Å². The maximum atomic E-state index is 5.91. The van der Waals surface area contributed by atoms with E-state index in [4.69, 9.17) is 22.1 Å². The third-order valence-electron chi connectivity index (χ3n) is 2.93. The fraction of sp³-hybridized carbons (Fsp3) is 0.357. The minimum absolute atomic E-state index is 0.0308. The third-order valence-corrected chi connectivity index (χ3v) is 3.19. The number of nitrogens with two attached hydrogens (primary N) is 1. The van der Waals surface area contributed by atoms with Crippen LogP contribution in [-0.4, -0.2) is 9.55 Å². The molecular formula is C14H18ClN3O. The molecule has 4 nitrogen and oxygen atoms in total. The Bertz CT molecular complexity index is 534. The Hall–Kier alpha value is -1.52. The summed E-state index contributed by atoms with van der Waals surface area (Å²) < 4.78 is 7.78. The van der Waals surface area contributed by atoms with Crippen LogP contribution in [0.4, 0.5) is 0 Å². The van der Waals surface area contributed by atoms with Crippen LogP contribution >= 0.6 is 11.6 Å². The number of benzene rings is 1. The number of aromatic nitrogens is 2. The monoisotopic (exact) mass is 279 g/mol. The van der Waals surface area contributed by atoms with Crippen LogP contribution in [0.3, 0.4) is 0 Å². The molecule has 2 aromatic rings. The number of hydrogen-bond acceptors (Lipinski definition) is 3. The van der Waals surface area contributed by atoms with Crippen LogP contribution in [-0.2, 0) is 13.2 Å². The summed E-state index contributed by atoms with van der Waals surface area (Å²) in [6.07, 6.45) is 1.81. The van der Waals surface area contributed by atoms with Gasteiger partial charge in [0.05, 0.1) is 11.9 Å². The van der Waals surface area contributed by atoms with E-state index in [1.807, 2.05) is 25.3 Å². The third kappa shape index (κ3) is 3.28. The van der Waals surface area contributed by atoms with Crippen molar-refractivity contribution in [1.29, 1.82) is 0 Å². The molecule has 19 heavy (non-hydrogen) atoms. The minimum atomic E-state index is -0.0308. The fourth-order valence-electron chi connectivity index (χ4n) is 1.95. The molecule has 0 spiro atoms. The van der Waals surface area contributed by atoms with E-state index in [9.17, 15) is 0 Å². The van der Waals surface area contributed by atoms with Crippen molar-refractivity contribution < 1.29 is 4.74 Å². The first-order chi connectivity index (χ1) is 9.11. The second-order valence-electron chi connectivity index (χ2n) is 4.37. The lowest BCUT2D eigenvalue weighted by Gasteiger charge is -2.12. The van der Waals surface area contributed by atoms with Crippen LogP contribution in [0.25, 0.3) is 0 Å². The van der Waals surface area contributed by atoms with Gasteiger partial charge in [0.1, 0.15) is 18.2 Å². The quantitative estimate of drug-likeness (QED) is 0.915. The first-order valence-corrected chi connectivity index (χ1v) is 6.68. The highest BCUT2D eigenvalue weighted by Gasteiger charge is 2.12. The fourth-order valence-corrected chi connectivity index (χ4v) is 2.08. The summed E-state index contributed by atoms with van der Waals surface area (Å²) in [6.45, 7) is 5.27. The number of imidazole rings is 1. The molecule has 0 saturated carbocycles. The molecule has 2 rings (SSSR count).